The van der Waals surface area contributed by atoms with Gasteiger partial charge in [-0.3, -0.25) is 14.4 Å². The van der Waals surface area contributed by atoms with E-state index in [-0.39, 0.29) is 24.7 Å². The highest BCUT2D eigenvalue weighted by Gasteiger charge is 2.27. The molecule has 27 heavy (non-hydrogen) atoms. The number of amides is 3. The molecule has 146 valence electrons. The van der Waals surface area contributed by atoms with Crippen LogP contribution in [-0.4, -0.2) is 56.3 Å². The van der Waals surface area contributed by atoms with E-state index < -0.39 is 18.0 Å². The van der Waals surface area contributed by atoms with E-state index in [4.69, 9.17) is 0 Å². The lowest BCUT2D eigenvalue weighted by atomic mass is 10.1. The summed E-state index contributed by atoms with van der Waals surface area (Å²) in [6.07, 6.45) is 7.47. The predicted molar refractivity (Wildman–Crippen MR) is 97.4 cm³/mol. The molecular weight excluding hydrogens is 350 g/mol. The van der Waals surface area contributed by atoms with Crippen LogP contribution < -0.4 is 16.0 Å². The maximum atomic E-state index is 12.8. The standard InChI is InChI=1S/C17H25N7O3/c1-3-4-20-16(26)14(5-12-7-18-9-21-12)24-17(27)15(23-11(2)25)6-13-8-19-10-22-13/h7-10,14-15H,3-6H2,1-2H3,(H,18,21)(H,19,22)(H,20,26)(H,23,25)(H,24,27)/t14-,15-/m0/s1. The van der Waals surface area contributed by atoms with Crippen LogP contribution in [0.1, 0.15) is 31.7 Å². The number of carbonyl (C=O) groups is 3. The fraction of sp³-hybridized carbons (Fsp3) is 0.471. The molecule has 0 saturated carbocycles. The third-order valence-electron chi connectivity index (χ3n) is 3.83. The number of nitrogens with zero attached hydrogens (tertiary/aromatic N) is 2. The van der Waals surface area contributed by atoms with E-state index in [2.05, 4.69) is 35.9 Å². The summed E-state index contributed by atoms with van der Waals surface area (Å²) in [7, 11) is 0. The van der Waals surface area contributed by atoms with Gasteiger partial charge in [-0.15, -0.1) is 0 Å². The zero-order valence-corrected chi connectivity index (χ0v) is 15.4. The van der Waals surface area contributed by atoms with Crippen LogP contribution in [0.5, 0.6) is 0 Å². The normalized spacial score (nSPS) is 12.8. The molecule has 2 rings (SSSR count). The second kappa shape index (κ2) is 10.1. The van der Waals surface area contributed by atoms with Gasteiger partial charge in [0.25, 0.3) is 0 Å². The number of carbonyl (C=O) groups excluding carboxylic acids is 3. The molecule has 0 aromatic carbocycles. The van der Waals surface area contributed by atoms with Gasteiger partial charge in [0.15, 0.2) is 0 Å². The molecule has 2 heterocycles. The van der Waals surface area contributed by atoms with E-state index >= 15 is 0 Å². The topological polar surface area (TPSA) is 145 Å². The quantitative estimate of drug-likeness (QED) is 0.378. The van der Waals surface area contributed by atoms with Gasteiger partial charge in [0.05, 0.1) is 12.7 Å². The van der Waals surface area contributed by atoms with E-state index in [1.807, 2.05) is 6.92 Å². The van der Waals surface area contributed by atoms with Gasteiger partial charge < -0.3 is 25.9 Å². The van der Waals surface area contributed by atoms with Crippen LogP contribution in [0.15, 0.2) is 25.0 Å². The Morgan fingerprint density at radius 3 is 1.96 bits per heavy atom. The molecule has 0 radical (unpaired) electrons. The Bertz CT molecular complexity index is 728. The van der Waals surface area contributed by atoms with E-state index in [0.717, 1.165) is 12.1 Å². The van der Waals surface area contributed by atoms with Gasteiger partial charge in [0, 0.05) is 50.1 Å². The SMILES string of the molecule is CCCNC(=O)[C@H](Cc1cnc[nH]1)NC(=O)[C@H](Cc1cnc[nH]1)NC(C)=O. The first-order valence-electron chi connectivity index (χ1n) is 8.79. The number of aromatic nitrogens is 4. The maximum Gasteiger partial charge on any atom is 0.243 e. The van der Waals surface area contributed by atoms with Crippen molar-refractivity contribution in [1.82, 2.24) is 35.9 Å². The highest BCUT2D eigenvalue weighted by Crippen LogP contribution is 2.03. The van der Waals surface area contributed by atoms with Crippen molar-refractivity contribution in [3.63, 3.8) is 0 Å². The minimum Gasteiger partial charge on any atom is -0.354 e. The van der Waals surface area contributed by atoms with E-state index in [1.54, 1.807) is 12.4 Å². The van der Waals surface area contributed by atoms with Crippen LogP contribution in [0.25, 0.3) is 0 Å². The van der Waals surface area contributed by atoms with Crippen LogP contribution in [0.2, 0.25) is 0 Å². The van der Waals surface area contributed by atoms with Crippen molar-refractivity contribution in [2.45, 2.75) is 45.2 Å². The Kier molecular flexibility index (Phi) is 7.53. The van der Waals surface area contributed by atoms with Gasteiger partial charge in [0.1, 0.15) is 12.1 Å². The Balaban J connectivity index is 2.09. The van der Waals surface area contributed by atoms with E-state index in [0.29, 0.717) is 12.2 Å². The molecule has 0 aliphatic heterocycles. The summed E-state index contributed by atoms with van der Waals surface area (Å²) in [4.78, 5) is 50.4. The lowest BCUT2D eigenvalue weighted by molar-refractivity contribution is -0.131. The predicted octanol–water partition coefficient (Wildman–Crippen LogP) is -0.566. The van der Waals surface area contributed by atoms with Gasteiger partial charge >= 0.3 is 0 Å². The van der Waals surface area contributed by atoms with Crippen LogP contribution >= 0.6 is 0 Å². The number of nitrogens with one attached hydrogen (secondary N) is 5. The molecule has 0 saturated heterocycles. The van der Waals surface area contributed by atoms with Crippen LogP contribution in [0, 0.1) is 0 Å². The average Bonchev–Trinajstić information content (AvgIpc) is 3.32. The highest BCUT2D eigenvalue weighted by molar-refractivity contribution is 5.92. The molecule has 0 fully saturated rings. The Morgan fingerprint density at radius 2 is 1.52 bits per heavy atom. The fourth-order valence-electron chi connectivity index (χ4n) is 2.54. The first kappa shape index (κ1) is 20.1. The third-order valence-corrected chi connectivity index (χ3v) is 3.83. The smallest absolute Gasteiger partial charge is 0.243 e. The molecule has 0 aliphatic rings. The second-order valence-corrected chi connectivity index (χ2v) is 6.17. The van der Waals surface area contributed by atoms with E-state index in [1.165, 1.54) is 19.6 Å². The lowest BCUT2D eigenvalue weighted by Gasteiger charge is -2.22. The number of rotatable bonds is 10. The molecule has 3 amide bonds. The van der Waals surface area contributed by atoms with Gasteiger partial charge in [-0.05, 0) is 6.42 Å². The number of imidazole rings is 2. The Labute approximate surface area is 156 Å². The Hall–Kier alpha value is -3.17. The van der Waals surface area contributed by atoms with Gasteiger partial charge in [0.2, 0.25) is 17.7 Å². The molecule has 2 atom stereocenters. The minimum absolute atomic E-state index is 0.235. The van der Waals surface area contributed by atoms with Crippen molar-refractivity contribution in [3.05, 3.63) is 36.4 Å². The molecule has 0 aliphatic carbocycles. The number of aromatic amines is 2. The van der Waals surface area contributed by atoms with E-state index in [9.17, 15) is 14.4 Å². The van der Waals surface area contributed by atoms with Crippen LogP contribution in [-0.2, 0) is 27.2 Å². The summed E-state index contributed by atoms with van der Waals surface area (Å²) >= 11 is 0. The molecule has 0 spiro atoms. The molecular formula is C17H25N7O3. The summed E-state index contributed by atoms with van der Waals surface area (Å²) in [6.45, 7) is 3.79. The monoisotopic (exact) mass is 375 g/mol. The largest absolute Gasteiger partial charge is 0.354 e. The zero-order valence-electron chi connectivity index (χ0n) is 15.4. The maximum absolute atomic E-state index is 12.8. The van der Waals surface area contributed by atoms with Crippen molar-refractivity contribution in [2.24, 2.45) is 0 Å². The summed E-state index contributed by atoms with van der Waals surface area (Å²) < 4.78 is 0. The second-order valence-electron chi connectivity index (χ2n) is 6.17. The highest BCUT2D eigenvalue weighted by atomic mass is 16.2. The van der Waals surface area contributed by atoms with Crippen molar-refractivity contribution in [1.29, 1.82) is 0 Å². The average molecular weight is 375 g/mol. The number of hydrogen-bond acceptors (Lipinski definition) is 5. The van der Waals surface area contributed by atoms with Crippen molar-refractivity contribution >= 4 is 17.7 Å². The molecule has 10 nitrogen and oxygen atoms in total. The van der Waals surface area contributed by atoms with Crippen molar-refractivity contribution in [3.8, 4) is 0 Å². The van der Waals surface area contributed by atoms with Crippen molar-refractivity contribution < 1.29 is 14.4 Å². The van der Waals surface area contributed by atoms with Gasteiger partial charge in [-0.2, -0.15) is 0 Å². The fourth-order valence-corrected chi connectivity index (χ4v) is 2.54. The molecule has 5 N–H and O–H groups in total. The Morgan fingerprint density at radius 1 is 0.963 bits per heavy atom. The van der Waals surface area contributed by atoms with Gasteiger partial charge in [-0.25, -0.2) is 9.97 Å². The molecule has 2 aromatic rings. The number of H-pyrrole nitrogens is 2. The first-order chi connectivity index (χ1) is 13.0. The number of hydrogen-bond donors (Lipinski definition) is 5. The summed E-state index contributed by atoms with van der Waals surface area (Å²) in [5.41, 5.74) is 1.42. The van der Waals surface area contributed by atoms with Crippen LogP contribution in [0.4, 0.5) is 0 Å². The molecule has 10 heteroatoms. The molecule has 2 aromatic heterocycles. The summed E-state index contributed by atoms with van der Waals surface area (Å²) in [5, 5.41) is 8.13. The summed E-state index contributed by atoms with van der Waals surface area (Å²) in [6, 6.07) is -1.62. The zero-order chi connectivity index (χ0) is 19.6. The first-order valence-corrected chi connectivity index (χ1v) is 8.79. The van der Waals surface area contributed by atoms with Crippen LogP contribution in [0.3, 0.4) is 0 Å². The van der Waals surface area contributed by atoms with Crippen molar-refractivity contribution in [2.75, 3.05) is 6.54 Å². The molecule has 0 unspecified atom stereocenters. The third kappa shape index (κ3) is 6.57. The molecule has 0 bridgehead atoms. The lowest BCUT2D eigenvalue weighted by Crippen LogP contribution is -2.55. The minimum atomic E-state index is -0.828. The summed E-state index contributed by atoms with van der Waals surface area (Å²) in [5.74, 6) is -1.07. The van der Waals surface area contributed by atoms with Gasteiger partial charge in [-0.1, -0.05) is 6.92 Å².